The normalized spacial score (nSPS) is 16.2. The van der Waals surface area contributed by atoms with Gasteiger partial charge in [-0.15, -0.1) is 24.0 Å². The second-order valence-electron chi connectivity index (χ2n) is 7.13. The lowest BCUT2D eigenvalue weighted by Gasteiger charge is -2.21. The van der Waals surface area contributed by atoms with Gasteiger partial charge in [-0.25, -0.2) is 13.8 Å². The van der Waals surface area contributed by atoms with E-state index in [0.717, 1.165) is 29.4 Å². The first-order valence-electron chi connectivity index (χ1n) is 9.74. The van der Waals surface area contributed by atoms with Gasteiger partial charge in [0.05, 0.1) is 5.69 Å². The van der Waals surface area contributed by atoms with E-state index in [1.165, 1.54) is 18.5 Å². The fraction of sp³-hybridized carbons (Fsp3) is 0.286. The molecule has 0 spiro atoms. The van der Waals surface area contributed by atoms with Crippen LogP contribution in [0.4, 0.5) is 14.5 Å². The Morgan fingerprint density at radius 1 is 1.26 bits per heavy atom. The first-order valence-corrected chi connectivity index (χ1v) is 9.74. The Hall–Kier alpha value is -2.76. The van der Waals surface area contributed by atoms with Crippen LogP contribution in [0.5, 0.6) is 0 Å². The number of benzene rings is 2. The molecule has 0 radical (unpaired) electrons. The molecular formula is C21H24F2IN7. The molecule has 1 saturated heterocycles. The standard InChI is InChI=1S/C21H23F2N7.HI/c1-24-21(25-11-14-3-2-4-15(9-14)20-26-13-27-29-20)28-17-7-8-30(12-17)19-6-5-16(22)10-18(19)23;/h2-6,9-10,13,17H,7-8,11-12H2,1H3,(H2,24,25,28)(H,26,27,29);1H. The van der Waals surface area contributed by atoms with Gasteiger partial charge in [-0.3, -0.25) is 10.1 Å². The highest BCUT2D eigenvalue weighted by Crippen LogP contribution is 2.24. The van der Waals surface area contributed by atoms with Gasteiger partial charge in [0.1, 0.15) is 18.0 Å². The van der Waals surface area contributed by atoms with Crippen LogP contribution in [0, 0.1) is 11.6 Å². The third-order valence-corrected chi connectivity index (χ3v) is 5.08. The molecule has 1 fully saturated rings. The van der Waals surface area contributed by atoms with Crippen LogP contribution in [-0.4, -0.2) is 47.3 Å². The van der Waals surface area contributed by atoms with E-state index < -0.39 is 11.6 Å². The lowest BCUT2D eigenvalue weighted by molar-refractivity contribution is 0.580. The van der Waals surface area contributed by atoms with Crippen molar-refractivity contribution in [3.8, 4) is 11.4 Å². The SMILES string of the molecule is CN=C(NCc1cccc(-c2ncn[nH]2)c1)NC1CCN(c2ccc(F)cc2F)C1.I. The predicted molar refractivity (Wildman–Crippen MR) is 128 cm³/mol. The van der Waals surface area contributed by atoms with Crippen LogP contribution in [0.25, 0.3) is 11.4 Å². The number of aromatic nitrogens is 3. The maximum absolute atomic E-state index is 14.1. The summed E-state index contributed by atoms with van der Waals surface area (Å²) in [5.41, 5.74) is 2.46. The van der Waals surface area contributed by atoms with Crippen molar-refractivity contribution in [3.05, 3.63) is 66.0 Å². The molecule has 164 valence electrons. The van der Waals surface area contributed by atoms with Crippen molar-refractivity contribution in [3.63, 3.8) is 0 Å². The van der Waals surface area contributed by atoms with E-state index in [4.69, 9.17) is 0 Å². The number of nitrogens with zero attached hydrogens (tertiary/aromatic N) is 4. The van der Waals surface area contributed by atoms with Gasteiger partial charge in [0.15, 0.2) is 11.8 Å². The molecule has 3 aromatic rings. The second-order valence-corrected chi connectivity index (χ2v) is 7.13. The van der Waals surface area contributed by atoms with Gasteiger partial charge < -0.3 is 15.5 Å². The molecule has 0 aliphatic carbocycles. The van der Waals surface area contributed by atoms with Crippen LogP contribution in [0.3, 0.4) is 0 Å². The average molecular weight is 539 g/mol. The van der Waals surface area contributed by atoms with E-state index in [1.807, 2.05) is 29.2 Å². The summed E-state index contributed by atoms with van der Waals surface area (Å²) in [6.07, 6.45) is 2.31. The highest BCUT2D eigenvalue weighted by Gasteiger charge is 2.25. The molecule has 1 atom stereocenters. The Morgan fingerprint density at radius 3 is 2.87 bits per heavy atom. The van der Waals surface area contributed by atoms with Gasteiger partial charge in [0.2, 0.25) is 0 Å². The summed E-state index contributed by atoms with van der Waals surface area (Å²) in [4.78, 5) is 10.4. The zero-order valence-corrected chi connectivity index (χ0v) is 19.3. The minimum Gasteiger partial charge on any atom is -0.367 e. The summed E-state index contributed by atoms with van der Waals surface area (Å²) in [5, 5.41) is 13.4. The third-order valence-electron chi connectivity index (χ3n) is 5.08. The number of nitrogens with one attached hydrogen (secondary N) is 3. The molecule has 3 N–H and O–H groups in total. The van der Waals surface area contributed by atoms with Crippen LogP contribution >= 0.6 is 24.0 Å². The number of anilines is 1. The van der Waals surface area contributed by atoms with E-state index in [2.05, 4.69) is 30.8 Å². The first-order chi connectivity index (χ1) is 14.6. The van der Waals surface area contributed by atoms with Crippen molar-refractivity contribution in [2.75, 3.05) is 25.0 Å². The molecule has 4 rings (SSSR count). The Balaban J connectivity index is 0.00000272. The van der Waals surface area contributed by atoms with Gasteiger partial charge in [-0.2, -0.15) is 5.10 Å². The predicted octanol–water partition coefficient (Wildman–Crippen LogP) is 3.31. The lowest BCUT2D eigenvalue weighted by atomic mass is 10.1. The molecule has 7 nitrogen and oxygen atoms in total. The topological polar surface area (TPSA) is 81.2 Å². The van der Waals surface area contributed by atoms with Gasteiger partial charge in [0, 0.05) is 44.4 Å². The quantitative estimate of drug-likeness (QED) is 0.264. The van der Waals surface area contributed by atoms with E-state index in [-0.39, 0.29) is 30.0 Å². The summed E-state index contributed by atoms with van der Waals surface area (Å²) >= 11 is 0. The fourth-order valence-corrected chi connectivity index (χ4v) is 3.58. The number of hydrogen-bond acceptors (Lipinski definition) is 4. The van der Waals surface area contributed by atoms with Gasteiger partial charge in [0.25, 0.3) is 0 Å². The van der Waals surface area contributed by atoms with Crippen molar-refractivity contribution in [2.24, 2.45) is 4.99 Å². The van der Waals surface area contributed by atoms with E-state index in [0.29, 0.717) is 31.3 Å². The summed E-state index contributed by atoms with van der Waals surface area (Å²) in [7, 11) is 1.71. The average Bonchev–Trinajstić information content (AvgIpc) is 3.44. The number of H-pyrrole nitrogens is 1. The molecule has 31 heavy (non-hydrogen) atoms. The van der Waals surface area contributed by atoms with Crippen LogP contribution in [0.15, 0.2) is 53.8 Å². The van der Waals surface area contributed by atoms with E-state index in [1.54, 1.807) is 7.05 Å². The maximum Gasteiger partial charge on any atom is 0.191 e. The third kappa shape index (κ3) is 5.69. The van der Waals surface area contributed by atoms with Gasteiger partial charge in [-0.1, -0.05) is 18.2 Å². The van der Waals surface area contributed by atoms with Gasteiger partial charge >= 0.3 is 0 Å². The number of rotatable bonds is 5. The molecule has 0 amide bonds. The summed E-state index contributed by atoms with van der Waals surface area (Å²) < 4.78 is 27.2. The first kappa shape index (κ1) is 22.9. The van der Waals surface area contributed by atoms with Crippen molar-refractivity contribution in [1.82, 2.24) is 25.8 Å². The number of aliphatic imine (C=N–C) groups is 1. The number of hydrogen-bond donors (Lipinski definition) is 3. The number of aromatic amines is 1. The highest BCUT2D eigenvalue weighted by atomic mass is 127. The maximum atomic E-state index is 14.1. The largest absolute Gasteiger partial charge is 0.367 e. The van der Waals surface area contributed by atoms with Crippen molar-refractivity contribution < 1.29 is 8.78 Å². The minimum atomic E-state index is -0.567. The van der Waals surface area contributed by atoms with Crippen LogP contribution in [0.1, 0.15) is 12.0 Å². The van der Waals surface area contributed by atoms with Crippen molar-refractivity contribution >= 4 is 35.6 Å². The Kier molecular flexibility index (Phi) is 7.77. The molecular weight excluding hydrogens is 515 g/mol. The number of halogens is 3. The molecule has 2 aromatic carbocycles. The molecule has 1 aliphatic rings. The second kappa shape index (κ2) is 10.5. The zero-order chi connectivity index (χ0) is 20.9. The zero-order valence-electron chi connectivity index (χ0n) is 17.0. The Morgan fingerprint density at radius 2 is 2.13 bits per heavy atom. The molecule has 0 bridgehead atoms. The van der Waals surface area contributed by atoms with Gasteiger partial charge in [-0.05, 0) is 30.2 Å². The van der Waals surface area contributed by atoms with E-state index in [9.17, 15) is 8.78 Å². The summed E-state index contributed by atoms with van der Waals surface area (Å²) in [6, 6.07) is 11.8. The lowest BCUT2D eigenvalue weighted by Crippen LogP contribution is -2.44. The van der Waals surface area contributed by atoms with Crippen LogP contribution < -0.4 is 15.5 Å². The molecule has 1 unspecified atom stereocenters. The molecule has 1 aromatic heterocycles. The fourth-order valence-electron chi connectivity index (χ4n) is 3.58. The smallest absolute Gasteiger partial charge is 0.191 e. The van der Waals surface area contributed by atoms with Crippen LogP contribution in [-0.2, 0) is 6.54 Å². The highest BCUT2D eigenvalue weighted by molar-refractivity contribution is 14.0. The van der Waals surface area contributed by atoms with Crippen molar-refractivity contribution in [2.45, 2.75) is 19.0 Å². The van der Waals surface area contributed by atoms with E-state index >= 15 is 0 Å². The Labute approximate surface area is 196 Å². The van der Waals surface area contributed by atoms with Crippen molar-refractivity contribution in [1.29, 1.82) is 0 Å². The Bertz CT molecular complexity index is 1030. The summed E-state index contributed by atoms with van der Waals surface area (Å²) in [5.74, 6) is 0.289. The molecule has 0 saturated carbocycles. The molecule has 1 aliphatic heterocycles. The molecule has 10 heteroatoms. The monoisotopic (exact) mass is 539 g/mol. The molecule has 2 heterocycles. The number of guanidine groups is 1. The summed E-state index contributed by atoms with van der Waals surface area (Å²) in [6.45, 7) is 1.89. The minimum absolute atomic E-state index is 0. The van der Waals surface area contributed by atoms with Crippen LogP contribution in [0.2, 0.25) is 0 Å².